The zero-order valence-corrected chi connectivity index (χ0v) is 9.63. The number of ether oxygens (including phenoxy) is 2. The fourth-order valence-corrected chi connectivity index (χ4v) is 1.15. The number of rotatable bonds is 7. The van der Waals surface area contributed by atoms with Crippen LogP contribution in [0.1, 0.15) is 12.5 Å². The molecule has 0 saturated carbocycles. The Morgan fingerprint density at radius 1 is 1.31 bits per heavy atom. The number of hydrogen-bond acceptors (Lipinski definition) is 2. The van der Waals surface area contributed by atoms with E-state index in [0.29, 0.717) is 13.2 Å². The summed E-state index contributed by atoms with van der Waals surface area (Å²) in [7, 11) is 0. The van der Waals surface area contributed by atoms with E-state index in [1.165, 1.54) is 5.56 Å². The van der Waals surface area contributed by atoms with Crippen LogP contribution in [0, 0.1) is 0 Å². The van der Waals surface area contributed by atoms with Crippen LogP contribution < -0.4 is 0 Å². The lowest BCUT2D eigenvalue weighted by molar-refractivity contribution is 0.0819. The highest BCUT2D eigenvalue weighted by atomic mass is 16.5. The molecule has 0 aromatic heterocycles. The highest BCUT2D eigenvalue weighted by Gasteiger charge is 1.97. The molecule has 0 aliphatic rings. The van der Waals surface area contributed by atoms with Gasteiger partial charge in [0.2, 0.25) is 0 Å². The molecule has 2 nitrogen and oxygen atoms in total. The zero-order chi connectivity index (χ0) is 11.6. The van der Waals surface area contributed by atoms with Crippen LogP contribution in [0.4, 0.5) is 0 Å². The summed E-state index contributed by atoms with van der Waals surface area (Å²) in [5.74, 6) is 0. The lowest BCUT2D eigenvalue weighted by Crippen LogP contribution is -2.04. The molecule has 1 atom stereocenters. The summed E-state index contributed by atoms with van der Waals surface area (Å²) in [5, 5.41) is 0. The molecule has 0 saturated heterocycles. The molecule has 0 aliphatic carbocycles. The van der Waals surface area contributed by atoms with Gasteiger partial charge in [0.1, 0.15) is 6.61 Å². The molecular weight excluding hydrogens is 200 g/mol. The molecule has 0 fully saturated rings. The van der Waals surface area contributed by atoms with Gasteiger partial charge in [0.25, 0.3) is 0 Å². The second-order valence-corrected chi connectivity index (χ2v) is 3.45. The maximum Gasteiger partial charge on any atom is 0.105 e. The quantitative estimate of drug-likeness (QED) is 0.397. The first kappa shape index (κ1) is 12.5. The first-order chi connectivity index (χ1) is 7.83. The van der Waals surface area contributed by atoms with Crippen LogP contribution in [-0.2, 0) is 16.1 Å². The molecule has 0 amide bonds. The zero-order valence-electron chi connectivity index (χ0n) is 9.63. The molecule has 1 aromatic rings. The van der Waals surface area contributed by atoms with Gasteiger partial charge in [-0.1, -0.05) is 43.0 Å². The smallest absolute Gasteiger partial charge is 0.105 e. The molecule has 0 spiro atoms. The monoisotopic (exact) mass is 218 g/mol. The Labute approximate surface area is 97.2 Å². The minimum Gasteiger partial charge on any atom is -0.497 e. The summed E-state index contributed by atoms with van der Waals surface area (Å²) in [5.41, 5.74) is 1.18. The predicted octanol–water partition coefficient (Wildman–Crippen LogP) is 3.31. The summed E-state index contributed by atoms with van der Waals surface area (Å²) >= 11 is 0. The van der Waals surface area contributed by atoms with Gasteiger partial charge in [0, 0.05) is 0 Å². The third kappa shape index (κ3) is 5.37. The Morgan fingerprint density at radius 3 is 2.75 bits per heavy atom. The minimum atomic E-state index is 0.0463. The third-order valence-electron chi connectivity index (χ3n) is 2.02. The van der Waals surface area contributed by atoms with Crippen molar-refractivity contribution in [1.82, 2.24) is 0 Å². The molecule has 0 radical (unpaired) electrons. The van der Waals surface area contributed by atoms with Gasteiger partial charge in [0.05, 0.1) is 19.0 Å². The van der Waals surface area contributed by atoms with E-state index in [4.69, 9.17) is 9.47 Å². The normalized spacial score (nSPS) is 12.6. The average molecular weight is 218 g/mol. The molecule has 0 N–H and O–H groups in total. The van der Waals surface area contributed by atoms with Crippen molar-refractivity contribution >= 4 is 0 Å². The maximum absolute atomic E-state index is 5.62. The summed E-state index contributed by atoms with van der Waals surface area (Å²) in [6, 6.07) is 10.1. The van der Waals surface area contributed by atoms with Gasteiger partial charge < -0.3 is 9.47 Å². The van der Waals surface area contributed by atoms with Crippen molar-refractivity contribution in [1.29, 1.82) is 0 Å². The highest BCUT2D eigenvalue weighted by Crippen LogP contribution is 2.03. The number of benzene rings is 1. The molecule has 0 heterocycles. The molecule has 1 rings (SSSR count). The van der Waals surface area contributed by atoms with Gasteiger partial charge in [0.15, 0.2) is 0 Å². The maximum atomic E-state index is 5.62. The summed E-state index contributed by atoms with van der Waals surface area (Å²) < 4.78 is 10.7. The first-order valence-corrected chi connectivity index (χ1v) is 5.37. The highest BCUT2D eigenvalue weighted by molar-refractivity contribution is 5.13. The van der Waals surface area contributed by atoms with E-state index in [0.717, 1.165) is 0 Å². The Kier molecular flexibility index (Phi) is 6.04. The second-order valence-electron chi connectivity index (χ2n) is 3.45. The van der Waals surface area contributed by atoms with Crippen LogP contribution in [0.15, 0.2) is 55.3 Å². The van der Waals surface area contributed by atoms with Crippen molar-refractivity contribution in [3.05, 3.63) is 60.9 Å². The van der Waals surface area contributed by atoms with E-state index in [-0.39, 0.29) is 6.10 Å². The van der Waals surface area contributed by atoms with Crippen LogP contribution in [-0.4, -0.2) is 12.7 Å². The molecule has 1 unspecified atom stereocenters. The molecule has 0 bridgehead atoms. The molecule has 0 aliphatic heterocycles. The molecule has 1 aromatic carbocycles. The SMILES string of the molecule is C=CCO/C=C/C(C)OCc1ccccc1. The van der Waals surface area contributed by atoms with Gasteiger partial charge in [-0.2, -0.15) is 0 Å². The topological polar surface area (TPSA) is 18.5 Å². The number of hydrogen-bond donors (Lipinski definition) is 0. The standard InChI is InChI=1S/C14H18O2/c1-3-10-15-11-9-13(2)16-12-14-7-5-4-6-8-14/h3-9,11,13H,1,10,12H2,2H3/b11-9+. The molecule has 2 heteroatoms. The summed E-state index contributed by atoms with van der Waals surface area (Å²) in [6.45, 7) is 6.69. The van der Waals surface area contributed by atoms with E-state index in [1.54, 1.807) is 12.3 Å². The predicted molar refractivity (Wildman–Crippen MR) is 66.0 cm³/mol. The Morgan fingerprint density at radius 2 is 2.06 bits per heavy atom. The minimum absolute atomic E-state index is 0.0463. The van der Waals surface area contributed by atoms with Crippen LogP contribution in [0.2, 0.25) is 0 Å². The van der Waals surface area contributed by atoms with Gasteiger partial charge in [-0.25, -0.2) is 0 Å². The van der Waals surface area contributed by atoms with Crippen molar-refractivity contribution in [3.63, 3.8) is 0 Å². The Hall–Kier alpha value is -1.54. The van der Waals surface area contributed by atoms with Crippen LogP contribution in [0.5, 0.6) is 0 Å². The van der Waals surface area contributed by atoms with Crippen molar-refractivity contribution in [2.45, 2.75) is 19.6 Å². The van der Waals surface area contributed by atoms with E-state index < -0.39 is 0 Å². The fraction of sp³-hybridized carbons (Fsp3) is 0.286. The largest absolute Gasteiger partial charge is 0.497 e. The van der Waals surface area contributed by atoms with Crippen molar-refractivity contribution < 1.29 is 9.47 Å². The lowest BCUT2D eigenvalue weighted by Gasteiger charge is -2.08. The van der Waals surface area contributed by atoms with Crippen molar-refractivity contribution in [2.24, 2.45) is 0 Å². The lowest BCUT2D eigenvalue weighted by atomic mass is 10.2. The second kappa shape index (κ2) is 7.71. The third-order valence-corrected chi connectivity index (χ3v) is 2.02. The molecular formula is C14H18O2. The van der Waals surface area contributed by atoms with Gasteiger partial charge in [-0.05, 0) is 18.6 Å². The Bertz CT molecular complexity index is 317. The van der Waals surface area contributed by atoms with Gasteiger partial charge >= 0.3 is 0 Å². The first-order valence-electron chi connectivity index (χ1n) is 5.37. The van der Waals surface area contributed by atoms with Crippen LogP contribution in [0.3, 0.4) is 0 Å². The van der Waals surface area contributed by atoms with Crippen molar-refractivity contribution in [3.8, 4) is 0 Å². The molecule has 16 heavy (non-hydrogen) atoms. The Balaban J connectivity index is 2.22. The van der Waals surface area contributed by atoms with E-state index >= 15 is 0 Å². The van der Waals surface area contributed by atoms with E-state index in [9.17, 15) is 0 Å². The van der Waals surface area contributed by atoms with Crippen LogP contribution >= 0.6 is 0 Å². The van der Waals surface area contributed by atoms with Crippen molar-refractivity contribution in [2.75, 3.05) is 6.61 Å². The van der Waals surface area contributed by atoms with Crippen LogP contribution in [0.25, 0.3) is 0 Å². The van der Waals surface area contributed by atoms with E-state index in [2.05, 4.69) is 6.58 Å². The molecule has 86 valence electrons. The summed E-state index contributed by atoms with van der Waals surface area (Å²) in [4.78, 5) is 0. The fourth-order valence-electron chi connectivity index (χ4n) is 1.15. The van der Waals surface area contributed by atoms with Gasteiger partial charge in [-0.15, -0.1) is 0 Å². The summed E-state index contributed by atoms with van der Waals surface area (Å²) in [6.07, 6.45) is 5.29. The van der Waals surface area contributed by atoms with E-state index in [1.807, 2.05) is 43.3 Å². The average Bonchev–Trinajstić information content (AvgIpc) is 2.33. The van der Waals surface area contributed by atoms with Gasteiger partial charge in [-0.3, -0.25) is 0 Å².